The van der Waals surface area contributed by atoms with Crippen molar-refractivity contribution in [3.8, 4) is 5.75 Å². The Balaban J connectivity index is 0.00000420. The van der Waals surface area contributed by atoms with Gasteiger partial charge in [0.2, 0.25) is 5.91 Å². The Kier molecular flexibility index (Phi) is 12.3. The number of aliphatic imine (C=N–C) groups is 1. The predicted molar refractivity (Wildman–Crippen MR) is 130 cm³/mol. The first kappa shape index (κ1) is 25.8. The number of carbonyl (C=O) groups excluding carboxylic acids is 1. The molecule has 0 aromatic heterocycles. The molecule has 0 aliphatic carbocycles. The van der Waals surface area contributed by atoms with Crippen LogP contribution in [0.25, 0.3) is 0 Å². The van der Waals surface area contributed by atoms with Crippen LogP contribution in [0.3, 0.4) is 0 Å². The highest BCUT2D eigenvalue weighted by Gasteiger charge is 2.17. The molecule has 1 aromatic rings. The number of nitrogens with one attached hydrogen (secondary N) is 2. The van der Waals surface area contributed by atoms with E-state index in [4.69, 9.17) is 16.3 Å². The van der Waals surface area contributed by atoms with Crippen LogP contribution >= 0.6 is 35.6 Å². The van der Waals surface area contributed by atoms with Gasteiger partial charge >= 0.3 is 0 Å². The summed E-state index contributed by atoms with van der Waals surface area (Å²) in [5.74, 6) is 1.74. The summed E-state index contributed by atoms with van der Waals surface area (Å²) in [6, 6.07) is 7.35. The molecular formula is C20H33ClIN5O2. The molecule has 0 saturated carbocycles. The summed E-state index contributed by atoms with van der Waals surface area (Å²) in [4.78, 5) is 20.3. The summed E-state index contributed by atoms with van der Waals surface area (Å²) in [6.45, 7) is 12.2. The summed E-state index contributed by atoms with van der Waals surface area (Å²) in [7, 11) is 0. The van der Waals surface area contributed by atoms with Crippen LogP contribution in [0.1, 0.15) is 20.8 Å². The van der Waals surface area contributed by atoms with Crippen LogP contribution in [-0.2, 0) is 4.79 Å². The first-order valence-electron chi connectivity index (χ1n) is 9.90. The number of halogens is 2. The third-order valence-electron chi connectivity index (χ3n) is 4.54. The van der Waals surface area contributed by atoms with Crippen LogP contribution in [0.15, 0.2) is 29.3 Å². The fourth-order valence-electron chi connectivity index (χ4n) is 2.96. The first-order chi connectivity index (χ1) is 13.5. The second kappa shape index (κ2) is 13.9. The van der Waals surface area contributed by atoms with Crippen LogP contribution in [0.5, 0.6) is 5.75 Å². The Bertz CT molecular complexity index is 636. The topological polar surface area (TPSA) is 69.2 Å². The molecule has 7 nitrogen and oxygen atoms in total. The molecule has 1 aliphatic heterocycles. The number of nitrogens with zero attached hydrogens (tertiary/aromatic N) is 3. The third kappa shape index (κ3) is 9.86. The lowest BCUT2D eigenvalue weighted by atomic mass is 10.3. The van der Waals surface area contributed by atoms with E-state index in [0.29, 0.717) is 11.6 Å². The minimum atomic E-state index is -0.0451. The first-order valence-corrected chi connectivity index (χ1v) is 10.3. The monoisotopic (exact) mass is 537 g/mol. The zero-order valence-electron chi connectivity index (χ0n) is 17.5. The lowest BCUT2D eigenvalue weighted by Crippen LogP contribution is -2.50. The highest BCUT2D eigenvalue weighted by atomic mass is 127. The molecule has 164 valence electrons. The van der Waals surface area contributed by atoms with Gasteiger partial charge in [-0.2, -0.15) is 0 Å². The number of carbonyl (C=O) groups is 1. The van der Waals surface area contributed by atoms with E-state index in [1.54, 1.807) is 6.92 Å². The third-order valence-corrected chi connectivity index (χ3v) is 4.79. The molecule has 0 radical (unpaired) electrons. The molecule has 1 heterocycles. The number of benzene rings is 1. The summed E-state index contributed by atoms with van der Waals surface area (Å²) < 4.78 is 5.87. The van der Waals surface area contributed by atoms with Crippen LogP contribution in [0.2, 0.25) is 5.02 Å². The van der Waals surface area contributed by atoms with Crippen molar-refractivity contribution in [3.05, 3.63) is 29.3 Å². The van der Waals surface area contributed by atoms with Gasteiger partial charge in [-0.25, -0.2) is 4.99 Å². The second-order valence-electron chi connectivity index (χ2n) is 6.88. The smallest absolute Gasteiger partial charge is 0.219 e. The summed E-state index contributed by atoms with van der Waals surface area (Å²) >= 11 is 5.90. The number of ether oxygens (including phenoxy) is 1. The van der Waals surface area contributed by atoms with Gasteiger partial charge in [-0.1, -0.05) is 11.6 Å². The number of piperazine rings is 1. The molecule has 2 N–H and O–H groups in total. The van der Waals surface area contributed by atoms with Crippen LogP contribution < -0.4 is 15.4 Å². The molecule has 1 aliphatic rings. The fraction of sp³-hybridized carbons (Fsp3) is 0.600. The number of amides is 1. The molecule has 0 bridgehead atoms. The standard InChI is InChI=1S/C20H32ClN5O2.HI/c1-4-22-20(23-9-10-25-11-13-26(14-12-25)17(3)27)24-15-16(2)28-19-7-5-18(21)6-8-19;/h5-8,16H,4,9-15H2,1-3H3,(H2,22,23,24);1H. The maximum atomic E-state index is 11.4. The van der Waals surface area contributed by atoms with E-state index in [-0.39, 0.29) is 36.0 Å². The zero-order valence-corrected chi connectivity index (χ0v) is 20.6. The molecule has 9 heteroatoms. The number of rotatable bonds is 8. The zero-order chi connectivity index (χ0) is 20.4. The van der Waals surface area contributed by atoms with Crippen LogP contribution in [0, 0.1) is 0 Å². The van der Waals surface area contributed by atoms with E-state index in [2.05, 4.69) is 20.5 Å². The average Bonchev–Trinajstić information content (AvgIpc) is 2.68. The molecule has 1 fully saturated rings. The maximum absolute atomic E-state index is 11.4. The Morgan fingerprint density at radius 3 is 2.45 bits per heavy atom. The van der Waals surface area contributed by atoms with Gasteiger partial charge in [0.25, 0.3) is 0 Å². The van der Waals surface area contributed by atoms with Gasteiger partial charge in [-0.15, -0.1) is 24.0 Å². The molecule has 1 amide bonds. The van der Waals surface area contributed by atoms with Gasteiger partial charge in [-0.05, 0) is 38.1 Å². The quantitative estimate of drug-likeness (QED) is 0.303. The van der Waals surface area contributed by atoms with Crippen molar-refractivity contribution in [1.82, 2.24) is 20.4 Å². The van der Waals surface area contributed by atoms with Gasteiger partial charge in [-0.3, -0.25) is 9.69 Å². The summed E-state index contributed by atoms with van der Waals surface area (Å²) in [6.07, 6.45) is -0.0451. The second-order valence-corrected chi connectivity index (χ2v) is 7.31. The predicted octanol–water partition coefficient (Wildman–Crippen LogP) is 2.44. The normalized spacial score (nSPS) is 16.0. The highest BCUT2D eigenvalue weighted by Crippen LogP contribution is 2.16. The van der Waals surface area contributed by atoms with Gasteiger partial charge in [0.1, 0.15) is 11.9 Å². The molecule has 1 saturated heterocycles. The van der Waals surface area contributed by atoms with E-state index in [1.165, 1.54) is 0 Å². The van der Waals surface area contributed by atoms with E-state index < -0.39 is 0 Å². The number of hydrogen-bond acceptors (Lipinski definition) is 4. The minimum Gasteiger partial charge on any atom is -0.489 e. The highest BCUT2D eigenvalue weighted by molar-refractivity contribution is 14.0. The summed E-state index contributed by atoms with van der Waals surface area (Å²) in [5, 5.41) is 7.33. The Morgan fingerprint density at radius 1 is 1.21 bits per heavy atom. The number of hydrogen-bond donors (Lipinski definition) is 2. The Morgan fingerprint density at radius 2 is 1.86 bits per heavy atom. The van der Waals surface area contributed by atoms with Crippen molar-refractivity contribution >= 4 is 47.4 Å². The molecule has 29 heavy (non-hydrogen) atoms. The van der Waals surface area contributed by atoms with Crippen LogP contribution in [-0.4, -0.2) is 80.1 Å². The van der Waals surface area contributed by atoms with Gasteiger partial charge in [0.15, 0.2) is 5.96 Å². The largest absolute Gasteiger partial charge is 0.489 e. The van der Waals surface area contributed by atoms with Crippen molar-refractivity contribution in [2.24, 2.45) is 4.99 Å². The van der Waals surface area contributed by atoms with Crippen molar-refractivity contribution in [2.75, 3.05) is 52.4 Å². The SMILES string of the molecule is CCNC(=NCC(C)Oc1ccc(Cl)cc1)NCCN1CCN(C(C)=O)CC1.I. The van der Waals surface area contributed by atoms with E-state index >= 15 is 0 Å². The van der Waals surface area contributed by atoms with Gasteiger partial charge < -0.3 is 20.3 Å². The molecular weight excluding hydrogens is 505 g/mol. The minimum absolute atomic E-state index is 0. The van der Waals surface area contributed by atoms with Crippen molar-refractivity contribution in [1.29, 1.82) is 0 Å². The Labute approximate surface area is 196 Å². The molecule has 2 rings (SSSR count). The van der Waals surface area contributed by atoms with Gasteiger partial charge in [0.05, 0.1) is 6.54 Å². The number of guanidine groups is 1. The molecule has 0 spiro atoms. The van der Waals surface area contributed by atoms with Crippen molar-refractivity contribution in [2.45, 2.75) is 26.9 Å². The lowest BCUT2D eigenvalue weighted by Gasteiger charge is -2.34. The van der Waals surface area contributed by atoms with E-state index in [1.807, 2.05) is 43.0 Å². The van der Waals surface area contributed by atoms with Gasteiger partial charge in [0, 0.05) is 57.8 Å². The average molecular weight is 538 g/mol. The van der Waals surface area contributed by atoms with E-state index in [0.717, 1.165) is 57.5 Å². The maximum Gasteiger partial charge on any atom is 0.219 e. The molecule has 1 atom stereocenters. The fourth-order valence-corrected chi connectivity index (χ4v) is 3.09. The van der Waals surface area contributed by atoms with Crippen molar-refractivity contribution in [3.63, 3.8) is 0 Å². The van der Waals surface area contributed by atoms with E-state index in [9.17, 15) is 4.79 Å². The van der Waals surface area contributed by atoms with Crippen molar-refractivity contribution < 1.29 is 9.53 Å². The lowest BCUT2D eigenvalue weighted by molar-refractivity contribution is -0.130. The molecule has 1 aromatic carbocycles. The summed E-state index contributed by atoms with van der Waals surface area (Å²) in [5.41, 5.74) is 0. The van der Waals surface area contributed by atoms with Crippen LogP contribution in [0.4, 0.5) is 0 Å². The Hall–Kier alpha value is -1.26. The molecule has 1 unspecified atom stereocenters.